The Kier molecular flexibility index (Phi) is 9.04. The molecule has 1 aliphatic rings. The topological polar surface area (TPSA) is 60.8 Å². The summed E-state index contributed by atoms with van der Waals surface area (Å²) in [5.74, 6) is 0.743. The molecule has 0 aliphatic carbocycles. The maximum atomic E-state index is 14.4. The second-order valence-electron chi connectivity index (χ2n) is 12.6. The normalized spacial score (nSPS) is 18.4. The number of nitrogens with zero attached hydrogens (tertiary/aromatic N) is 2. The highest BCUT2D eigenvalue weighted by molar-refractivity contribution is 9.10. The summed E-state index contributed by atoms with van der Waals surface area (Å²) in [5, 5.41) is 1.01. The van der Waals surface area contributed by atoms with E-state index >= 15 is 0 Å². The summed E-state index contributed by atoms with van der Waals surface area (Å²) >= 11 is 3.70. The first-order valence-corrected chi connectivity index (χ1v) is 19.4. The number of rotatable bonds is 9. The third-order valence-electron chi connectivity index (χ3n) is 9.27. The fraction of sp³-hybridized carbons (Fsp3) is 0.412. The van der Waals surface area contributed by atoms with Gasteiger partial charge in [-0.3, -0.25) is 0 Å². The molecule has 1 fully saturated rings. The van der Waals surface area contributed by atoms with Crippen molar-refractivity contribution in [2.75, 3.05) is 13.7 Å². The van der Waals surface area contributed by atoms with Crippen LogP contribution >= 0.6 is 15.9 Å². The molecule has 1 aromatic heterocycles. The first kappa shape index (κ1) is 32.0. The molecule has 2 heterocycles. The minimum absolute atomic E-state index is 0.203. The maximum absolute atomic E-state index is 14.4. The van der Waals surface area contributed by atoms with Crippen molar-refractivity contribution in [1.82, 2.24) is 8.54 Å². The van der Waals surface area contributed by atoms with Gasteiger partial charge in [-0.05, 0) is 71.6 Å². The molecule has 0 N–H and O–H groups in total. The Bertz CT molecular complexity index is 1680. The van der Waals surface area contributed by atoms with Crippen LogP contribution in [0.4, 0.5) is 0 Å². The first-order valence-electron chi connectivity index (χ1n) is 15.0. The Morgan fingerprint density at radius 1 is 0.907 bits per heavy atom. The van der Waals surface area contributed by atoms with Crippen molar-refractivity contribution < 1.29 is 17.9 Å². The third-order valence-corrected chi connectivity index (χ3v) is 18.3. The smallest absolute Gasteiger partial charge is 0.245 e. The average Bonchev–Trinajstić information content (AvgIpc) is 3.56. The van der Waals surface area contributed by atoms with Crippen LogP contribution in [0.1, 0.15) is 70.6 Å². The van der Waals surface area contributed by atoms with Crippen LogP contribution < -0.4 is 4.74 Å². The second kappa shape index (κ2) is 12.2. The van der Waals surface area contributed by atoms with Crippen LogP contribution in [0, 0.1) is 6.92 Å². The Morgan fingerprint density at radius 3 is 2.07 bits per heavy atom. The molecular weight excluding hydrogens is 640 g/mol. The lowest BCUT2D eigenvalue weighted by Crippen LogP contribution is -2.51. The van der Waals surface area contributed by atoms with Crippen molar-refractivity contribution in [3.05, 3.63) is 94.1 Å². The molecule has 0 saturated carbocycles. The van der Waals surface area contributed by atoms with Crippen molar-refractivity contribution in [1.29, 1.82) is 0 Å². The molecule has 5 rings (SSSR count). The van der Waals surface area contributed by atoms with Crippen LogP contribution in [-0.2, 0) is 14.8 Å². The highest BCUT2D eigenvalue weighted by atomic mass is 79.9. The summed E-state index contributed by atoms with van der Waals surface area (Å²) in [7, 11) is -4.43. The van der Waals surface area contributed by atoms with E-state index in [-0.39, 0.29) is 11.4 Å². The van der Waals surface area contributed by atoms with Gasteiger partial charge in [0.05, 0.1) is 18.1 Å². The minimum Gasteiger partial charge on any atom is -0.497 e. The first-order chi connectivity index (χ1) is 20.3. The number of methoxy groups -OCH3 is 1. The molecule has 4 aromatic rings. The molecule has 9 heteroatoms. The lowest BCUT2D eigenvalue weighted by molar-refractivity contribution is 0.0211. The Labute approximate surface area is 266 Å². The summed E-state index contributed by atoms with van der Waals surface area (Å²) in [6.07, 6.45) is 0.987. The number of benzene rings is 3. The molecule has 2 atom stereocenters. The van der Waals surface area contributed by atoms with Crippen LogP contribution in [0.25, 0.3) is 10.9 Å². The van der Waals surface area contributed by atoms with Gasteiger partial charge in [-0.2, -0.15) is 4.31 Å². The van der Waals surface area contributed by atoms with Gasteiger partial charge in [-0.1, -0.05) is 87.3 Å². The lowest BCUT2D eigenvalue weighted by Gasteiger charge is -2.44. The lowest BCUT2D eigenvalue weighted by atomic mass is 10.1. The van der Waals surface area contributed by atoms with Gasteiger partial charge >= 0.3 is 0 Å². The van der Waals surface area contributed by atoms with Gasteiger partial charge in [-0.25, -0.2) is 8.42 Å². The van der Waals surface area contributed by atoms with E-state index in [1.165, 1.54) is 0 Å². The highest BCUT2D eigenvalue weighted by Crippen LogP contribution is 2.49. The second-order valence-corrected chi connectivity index (χ2v) is 21.1. The van der Waals surface area contributed by atoms with Crippen molar-refractivity contribution >= 4 is 45.1 Å². The summed E-state index contributed by atoms with van der Waals surface area (Å²) in [5.41, 5.74) is 5.31. The van der Waals surface area contributed by atoms with Gasteiger partial charge in [0.25, 0.3) is 0 Å². The molecule has 1 saturated heterocycles. The molecule has 0 spiro atoms. The molecular formula is C34H43BrN2O4SSi. The molecule has 43 heavy (non-hydrogen) atoms. The van der Waals surface area contributed by atoms with E-state index in [4.69, 9.17) is 9.47 Å². The predicted octanol–water partition coefficient (Wildman–Crippen LogP) is 9.21. The monoisotopic (exact) mass is 682 g/mol. The van der Waals surface area contributed by atoms with Crippen molar-refractivity contribution in [3.8, 4) is 5.75 Å². The molecule has 0 radical (unpaired) electrons. The van der Waals surface area contributed by atoms with Crippen molar-refractivity contribution in [2.24, 2.45) is 0 Å². The van der Waals surface area contributed by atoms with Gasteiger partial charge in [-0.15, -0.1) is 0 Å². The van der Waals surface area contributed by atoms with Gasteiger partial charge < -0.3 is 13.7 Å². The number of halogens is 1. The fourth-order valence-electron chi connectivity index (χ4n) is 7.41. The predicted molar refractivity (Wildman–Crippen MR) is 181 cm³/mol. The number of hydrogen-bond donors (Lipinski definition) is 0. The summed E-state index contributed by atoms with van der Waals surface area (Å²) in [4.78, 5) is 0.266. The molecule has 0 unspecified atom stereocenters. The number of aryl methyl sites for hydroxylation is 1. The van der Waals surface area contributed by atoms with Crippen molar-refractivity contribution in [2.45, 2.75) is 82.3 Å². The van der Waals surface area contributed by atoms with Gasteiger partial charge in [0.2, 0.25) is 10.0 Å². The van der Waals surface area contributed by atoms with E-state index in [1.807, 2.05) is 43.3 Å². The highest BCUT2D eigenvalue weighted by Gasteiger charge is 2.48. The molecule has 0 bridgehead atoms. The maximum Gasteiger partial charge on any atom is 0.245 e. The summed E-state index contributed by atoms with van der Waals surface area (Å²) in [6, 6.07) is 21.1. The molecule has 6 nitrogen and oxygen atoms in total. The van der Waals surface area contributed by atoms with Crippen LogP contribution in [0.5, 0.6) is 5.75 Å². The van der Waals surface area contributed by atoms with E-state index in [9.17, 15) is 8.42 Å². The zero-order valence-corrected chi connectivity index (χ0v) is 29.7. The third kappa shape index (κ3) is 5.52. The largest absolute Gasteiger partial charge is 0.497 e. The van der Waals surface area contributed by atoms with Crippen LogP contribution in [0.2, 0.25) is 16.6 Å². The number of aromatic nitrogens is 1. The van der Waals surface area contributed by atoms with Gasteiger partial charge in [0, 0.05) is 33.7 Å². The van der Waals surface area contributed by atoms with E-state index < -0.39 is 30.6 Å². The number of hydrogen-bond acceptors (Lipinski definition) is 4. The number of ether oxygens (including phenoxy) is 2. The van der Waals surface area contributed by atoms with Gasteiger partial charge in [0.15, 0.2) is 14.5 Å². The molecule has 3 aromatic carbocycles. The van der Waals surface area contributed by atoms with E-state index in [2.05, 4.69) is 86.1 Å². The van der Waals surface area contributed by atoms with E-state index in [1.54, 1.807) is 23.5 Å². The standard InChI is InChI=1S/C34H43BrN2O4SSi/c1-22(2)43(23(3)4,24(5)6)37-20-31(30-19-27(35)13-18-32(30)37)34-36(42(38,39)29-16-9-25(7)10-17-29)21-33(41-34)26-11-14-28(40-8)15-12-26/h9-20,22-24,33-34H,21H2,1-8H3/t33-,34-/m1/s1. The molecule has 230 valence electrons. The minimum atomic E-state index is -3.89. The Hall–Kier alpha value is -2.43. The molecule has 1 aliphatic heterocycles. The fourth-order valence-corrected chi connectivity index (χ4v) is 15.9. The zero-order valence-electron chi connectivity index (χ0n) is 26.3. The van der Waals surface area contributed by atoms with E-state index in [0.717, 1.165) is 37.8 Å². The van der Waals surface area contributed by atoms with Crippen LogP contribution in [0.3, 0.4) is 0 Å². The summed E-state index contributed by atoms with van der Waals surface area (Å²) in [6.45, 7) is 16.2. The SMILES string of the molecule is COc1ccc([C@H]2CN(S(=O)(=O)c3ccc(C)cc3)[C@@H](c3cn([Si](C(C)C)(C(C)C)C(C)C)c4ccc(Br)cc34)O2)cc1. The summed E-state index contributed by atoms with van der Waals surface area (Å²) < 4.78 is 45.9. The van der Waals surface area contributed by atoms with Crippen molar-refractivity contribution in [3.63, 3.8) is 0 Å². The zero-order chi connectivity index (χ0) is 31.3. The Balaban J connectivity index is 1.73. The Morgan fingerprint density at radius 2 is 1.51 bits per heavy atom. The average molecular weight is 684 g/mol. The van der Waals surface area contributed by atoms with E-state index in [0.29, 0.717) is 16.6 Å². The van der Waals surface area contributed by atoms with Crippen LogP contribution in [0.15, 0.2) is 82.3 Å². The number of fused-ring (bicyclic) bond motifs is 1. The number of sulfonamides is 1. The quantitative estimate of drug-likeness (QED) is 0.165. The molecule has 0 amide bonds. The van der Waals surface area contributed by atoms with Gasteiger partial charge in [0.1, 0.15) is 5.75 Å². The van der Waals surface area contributed by atoms with Crippen LogP contribution in [-0.4, -0.2) is 38.8 Å².